The minimum absolute atomic E-state index is 0.158. The Labute approximate surface area is 164 Å². The highest BCUT2D eigenvalue weighted by atomic mass is 16.2. The smallest absolute Gasteiger partial charge is 0.259 e. The Morgan fingerprint density at radius 1 is 0.929 bits per heavy atom. The molecule has 0 aliphatic carbocycles. The molecular formula is C24H22N2O2. The largest absolute Gasteiger partial charge is 0.324 e. The third-order valence-corrected chi connectivity index (χ3v) is 5.17. The third kappa shape index (κ3) is 3.29. The molecule has 4 nitrogen and oxygen atoms in total. The van der Waals surface area contributed by atoms with Gasteiger partial charge in [0.25, 0.3) is 5.91 Å². The number of nitrogens with one attached hydrogen (secondary N) is 1. The van der Waals surface area contributed by atoms with Crippen molar-refractivity contribution in [1.29, 1.82) is 0 Å². The van der Waals surface area contributed by atoms with Crippen LogP contribution in [0.1, 0.15) is 28.4 Å². The lowest BCUT2D eigenvalue weighted by Crippen LogP contribution is -2.45. The topological polar surface area (TPSA) is 49.4 Å². The van der Waals surface area contributed by atoms with Crippen LogP contribution in [0.3, 0.4) is 0 Å². The lowest BCUT2D eigenvalue weighted by atomic mass is 10.1. The van der Waals surface area contributed by atoms with Crippen LogP contribution >= 0.6 is 0 Å². The highest BCUT2D eigenvalue weighted by Crippen LogP contribution is 2.34. The Balaban J connectivity index is 1.67. The first-order chi connectivity index (χ1) is 13.7. The summed E-state index contributed by atoms with van der Waals surface area (Å²) in [4.78, 5) is 28.1. The number of para-hydroxylation sites is 2. The number of carbonyl (C=O) groups excluding carboxylic acids is 2. The zero-order valence-corrected chi connectivity index (χ0v) is 15.8. The first-order valence-corrected chi connectivity index (χ1v) is 9.54. The molecular weight excluding hydrogens is 348 g/mol. The van der Waals surface area contributed by atoms with Crippen LogP contribution in [0, 0.1) is 0 Å². The van der Waals surface area contributed by atoms with Crippen molar-refractivity contribution in [3.63, 3.8) is 0 Å². The molecule has 0 spiro atoms. The quantitative estimate of drug-likeness (QED) is 0.737. The lowest BCUT2D eigenvalue weighted by Gasteiger charge is -2.25. The van der Waals surface area contributed by atoms with Crippen molar-refractivity contribution >= 4 is 23.2 Å². The average Bonchev–Trinajstić information content (AvgIpc) is 3.14. The Bertz CT molecular complexity index is 1010. The van der Waals surface area contributed by atoms with Crippen LogP contribution in [-0.4, -0.2) is 17.9 Å². The Kier molecular flexibility index (Phi) is 4.94. The fourth-order valence-corrected chi connectivity index (χ4v) is 3.73. The Hall–Kier alpha value is -3.40. The van der Waals surface area contributed by atoms with Crippen LogP contribution in [0.15, 0.2) is 78.9 Å². The highest BCUT2D eigenvalue weighted by molar-refractivity contribution is 6.13. The number of nitrogens with zero attached hydrogens (tertiary/aromatic N) is 1. The molecule has 1 N–H and O–H groups in total. The molecule has 140 valence electrons. The van der Waals surface area contributed by atoms with Crippen molar-refractivity contribution in [2.24, 2.45) is 0 Å². The van der Waals surface area contributed by atoms with E-state index in [1.165, 1.54) is 0 Å². The third-order valence-electron chi connectivity index (χ3n) is 5.17. The van der Waals surface area contributed by atoms with Gasteiger partial charge in [0.2, 0.25) is 5.91 Å². The number of rotatable bonds is 4. The normalized spacial score (nSPS) is 15.2. The molecule has 1 atom stereocenters. The molecule has 0 aromatic heterocycles. The zero-order chi connectivity index (χ0) is 19.5. The van der Waals surface area contributed by atoms with Crippen LogP contribution < -0.4 is 10.2 Å². The lowest BCUT2D eigenvalue weighted by molar-refractivity contribution is -0.117. The monoisotopic (exact) mass is 370 g/mol. The summed E-state index contributed by atoms with van der Waals surface area (Å²) >= 11 is 0. The van der Waals surface area contributed by atoms with E-state index < -0.39 is 6.04 Å². The van der Waals surface area contributed by atoms with Crippen molar-refractivity contribution < 1.29 is 9.59 Å². The summed E-state index contributed by atoms with van der Waals surface area (Å²) in [6.07, 6.45) is 1.34. The van der Waals surface area contributed by atoms with Gasteiger partial charge in [-0.3, -0.25) is 14.5 Å². The van der Waals surface area contributed by atoms with Gasteiger partial charge in [0.15, 0.2) is 0 Å². The molecule has 1 heterocycles. The molecule has 0 unspecified atom stereocenters. The van der Waals surface area contributed by atoms with Gasteiger partial charge in [-0.15, -0.1) is 0 Å². The van der Waals surface area contributed by atoms with E-state index in [2.05, 4.69) is 12.2 Å². The fraction of sp³-hybridized carbons (Fsp3) is 0.167. The maximum Gasteiger partial charge on any atom is 0.259 e. The molecule has 0 saturated heterocycles. The molecule has 3 aromatic carbocycles. The van der Waals surface area contributed by atoms with Gasteiger partial charge in [0, 0.05) is 23.4 Å². The van der Waals surface area contributed by atoms with Crippen molar-refractivity contribution in [1.82, 2.24) is 0 Å². The Morgan fingerprint density at radius 2 is 1.61 bits per heavy atom. The van der Waals surface area contributed by atoms with Crippen molar-refractivity contribution in [3.8, 4) is 0 Å². The van der Waals surface area contributed by atoms with Gasteiger partial charge in [-0.05, 0) is 41.8 Å². The van der Waals surface area contributed by atoms with Crippen LogP contribution in [0.25, 0.3) is 0 Å². The summed E-state index contributed by atoms with van der Waals surface area (Å²) in [7, 11) is 0. The summed E-state index contributed by atoms with van der Waals surface area (Å²) in [6.45, 7) is 2.06. The van der Waals surface area contributed by atoms with Gasteiger partial charge in [-0.1, -0.05) is 61.5 Å². The molecule has 1 aliphatic heterocycles. The van der Waals surface area contributed by atoms with E-state index in [-0.39, 0.29) is 11.8 Å². The zero-order valence-electron chi connectivity index (χ0n) is 15.8. The van der Waals surface area contributed by atoms with Gasteiger partial charge in [-0.2, -0.15) is 0 Å². The highest BCUT2D eigenvalue weighted by Gasteiger charge is 2.38. The van der Waals surface area contributed by atoms with Gasteiger partial charge in [0.1, 0.15) is 6.04 Å². The summed E-state index contributed by atoms with van der Waals surface area (Å²) < 4.78 is 0. The SMILES string of the molecule is CCc1ccccc1NC(=O)[C@@H]1Cc2ccccc2N1C(=O)c1ccccc1. The minimum Gasteiger partial charge on any atom is -0.324 e. The molecule has 0 fully saturated rings. The number of amides is 2. The molecule has 0 bridgehead atoms. The van der Waals surface area contributed by atoms with Crippen molar-refractivity contribution in [3.05, 3.63) is 95.6 Å². The molecule has 1 aliphatic rings. The molecule has 2 amide bonds. The number of benzene rings is 3. The molecule has 0 radical (unpaired) electrons. The second-order valence-electron chi connectivity index (χ2n) is 6.89. The second kappa shape index (κ2) is 7.69. The van der Waals surface area contributed by atoms with Gasteiger partial charge < -0.3 is 5.32 Å². The molecule has 28 heavy (non-hydrogen) atoms. The number of aryl methyl sites for hydroxylation is 1. The minimum atomic E-state index is -0.574. The molecule has 4 heteroatoms. The maximum atomic E-state index is 13.2. The number of fused-ring (bicyclic) bond motifs is 1. The molecule has 3 aromatic rings. The van der Waals surface area contributed by atoms with Gasteiger partial charge >= 0.3 is 0 Å². The summed E-state index contributed by atoms with van der Waals surface area (Å²) in [5.74, 6) is -0.323. The van der Waals surface area contributed by atoms with Crippen molar-refractivity contribution in [2.45, 2.75) is 25.8 Å². The number of hydrogen-bond acceptors (Lipinski definition) is 2. The van der Waals surface area contributed by atoms with E-state index in [1.54, 1.807) is 17.0 Å². The molecule has 4 rings (SSSR count). The van der Waals surface area contributed by atoms with E-state index in [9.17, 15) is 9.59 Å². The first kappa shape index (κ1) is 18.0. The van der Waals surface area contributed by atoms with Gasteiger partial charge in [0.05, 0.1) is 0 Å². The van der Waals surface area contributed by atoms with Crippen LogP contribution in [-0.2, 0) is 17.6 Å². The van der Waals surface area contributed by atoms with E-state index in [1.807, 2.05) is 66.7 Å². The predicted octanol–water partition coefficient (Wildman–Crippen LogP) is 4.46. The second-order valence-corrected chi connectivity index (χ2v) is 6.89. The average molecular weight is 370 g/mol. The Morgan fingerprint density at radius 3 is 2.39 bits per heavy atom. The van der Waals surface area contributed by atoms with Crippen molar-refractivity contribution in [2.75, 3.05) is 10.2 Å². The van der Waals surface area contributed by atoms with E-state index in [0.29, 0.717) is 12.0 Å². The van der Waals surface area contributed by atoms with E-state index in [0.717, 1.165) is 28.9 Å². The summed E-state index contributed by atoms with van der Waals surface area (Å²) in [6, 6.07) is 24.0. The fourth-order valence-electron chi connectivity index (χ4n) is 3.73. The standard InChI is InChI=1S/C24H22N2O2/c1-2-17-10-6-8-14-20(17)25-23(27)22-16-19-13-7-9-15-21(19)26(22)24(28)18-11-4-3-5-12-18/h3-15,22H,2,16H2,1H3,(H,25,27)/t22-/m0/s1. The van der Waals surface area contributed by atoms with E-state index >= 15 is 0 Å². The molecule has 0 saturated carbocycles. The van der Waals surface area contributed by atoms with Gasteiger partial charge in [-0.25, -0.2) is 0 Å². The number of carbonyl (C=O) groups is 2. The predicted molar refractivity (Wildman–Crippen MR) is 112 cm³/mol. The summed E-state index contributed by atoms with van der Waals surface area (Å²) in [5.41, 5.74) is 4.27. The van der Waals surface area contributed by atoms with E-state index in [4.69, 9.17) is 0 Å². The first-order valence-electron chi connectivity index (χ1n) is 9.54. The van der Waals surface area contributed by atoms with Crippen LogP contribution in [0.2, 0.25) is 0 Å². The maximum absolute atomic E-state index is 13.2. The summed E-state index contributed by atoms with van der Waals surface area (Å²) in [5, 5.41) is 3.04. The van der Waals surface area contributed by atoms with Crippen LogP contribution in [0.4, 0.5) is 11.4 Å². The number of anilines is 2. The van der Waals surface area contributed by atoms with Crippen LogP contribution in [0.5, 0.6) is 0 Å². The number of hydrogen-bond donors (Lipinski definition) is 1.